The Hall–Kier alpha value is -1.52. The van der Waals surface area contributed by atoms with E-state index in [0.717, 1.165) is 10.0 Å². The van der Waals surface area contributed by atoms with Gasteiger partial charge < -0.3 is 11.1 Å². The van der Waals surface area contributed by atoms with Crippen molar-refractivity contribution >= 4 is 44.8 Å². The Morgan fingerprint density at radius 2 is 2.00 bits per heavy atom. The first-order chi connectivity index (χ1) is 8.97. The van der Waals surface area contributed by atoms with Gasteiger partial charge in [-0.15, -0.1) is 0 Å². The molecule has 0 unspecified atom stereocenters. The van der Waals surface area contributed by atoms with Crippen molar-refractivity contribution < 1.29 is 4.79 Å². The summed E-state index contributed by atoms with van der Waals surface area (Å²) in [5, 5.41) is 3.22. The molecule has 2 rings (SSSR count). The van der Waals surface area contributed by atoms with E-state index in [4.69, 9.17) is 17.3 Å². The first-order valence-corrected chi connectivity index (χ1v) is 6.77. The first kappa shape index (κ1) is 13.9. The number of hydrogen-bond donors (Lipinski definition) is 2. The molecule has 2 aromatic carbocycles. The van der Waals surface area contributed by atoms with E-state index in [0.29, 0.717) is 22.0 Å². The highest BCUT2D eigenvalue weighted by atomic mass is 79.9. The molecule has 0 heterocycles. The minimum absolute atomic E-state index is 0.211. The summed E-state index contributed by atoms with van der Waals surface area (Å²) < 4.78 is 0.934. The maximum absolute atomic E-state index is 12.2. The van der Waals surface area contributed by atoms with E-state index in [1.807, 2.05) is 19.1 Å². The Balaban J connectivity index is 2.28. The number of benzene rings is 2. The van der Waals surface area contributed by atoms with Crippen LogP contribution in [0.3, 0.4) is 0 Å². The van der Waals surface area contributed by atoms with Crippen LogP contribution in [0.1, 0.15) is 15.9 Å². The van der Waals surface area contributed by atoms with Crippen LogP contribution in [0.25, 0.3) is 0 Å². The summed E-state index contributed by atoms with van der Waals surface area (Å²) in [7, 11) is 0. The topological polar surface area (TPSA) is 55.1 Å². The standard InChI is InChI=1S/C14H12BrClN2O/c1-8-6-9(15)2-4-11(8)14(19)18-13-7-10(17)3-5-12(13)16/h2-7H,17H2,1H3,(H,18,19). The van der Waals surface area contributed by atoms with Gasteiger partial charge in [0.25, 0.3) is 5.91 Å². The van der Waals surface area contributed by atoms with Crippen molar-refractivity contribution in [2.45, 2.75) is 6.92 Å². The third kappa shape index (κ3) is 3.28. The van der Waals surface area contributed by atoms with Gasteiger partial charge in [0.2, 0.25) is 0 Å². The lowest BCUT2D eigenvalue weighted by Gasteiger charge is -2.10. The van der Waals surface area contributed by atoms with E-state index in [1.165, 1.54) is 0 Å². The molecule has 0 bridgehead atoms. The van der Waals surface area contributed by atoms with Crippen molar-refractivity contribution in [2.75, 3.05) is 11.1 Å². The molecule has 0 radical (unpaired) electrons. The molecule has 2 aromatic rings. The van der Waals surface area contributed by atoms with Crippen molar-refractivity contribution in [3.05, 3.63) is 57.0 Å². The van der Waals surface area contributed by atoms with Gasteiger partial charge in [-0.05, 0) is 48.9 Å². The molecular weight excluding hydrogens is 328 g/mol. The van der Waals surface area contributed by atoms with Gasteiger partial charge in [-0.25, -0.2) is 0 Å². The fourth-order valence-corrected chi connectivity index (χ4v) is 2.35. The maximum atomic E-state index is 12.2. The lowest BCUT2D eigenvalue weighted by atomic mass is 10.1. The monoisotopic (exact) mass is 338 g/mol. The third-order valence-electron chi connectivity index (χ3n) is 2.67. The van der Waals surface area contributed by atoms with Crippen LogP contribution < -0.4 is 11.1 Å². The van der Waals surface area contributed by atoms with E-state index in [2.05, 4.69) is 21.2 Å². The molecule has 3 nitrogen and oxygen atoms in total. The van der Waals surface area contributed by atoms with Crippen LogP contribution in [0.5, 0.6) is 0 Å². The first-order valence-electron chi connectivity index (χ1n) is 5.60. The number of rotatable bonds is 2. The normalized spacial score (nSPS) is 10.3. The lowest BCUT2D eigenvalue weighted by Crippen LogP contribution is -2.13. The van der Waals surface area contributed by atoms with Crippen LogP contribution in [0.4, 0.5) is 11.4 Å². The average Bonchev–Trinajstić information content (AvgIpc) is 2.33. The van der Waals surface area contributed by atoms with Crippen molar-refractivity contribution in [1.29, 1.82) is 0 Å². The second kappa shape index (κ2) is 5.63. The highest BCUT2D eigenvalue weighted by Crippen LogP contribution is 2.25. The van der Waals surface area contributed by atoms with Gasteiger partial charge in [0.15, 0.2) is 0 Å². The fraction of sp³-hybridized carbons (Fsp3) is 0.0714. The second-order valence-electron chi connectivity index (χ2n) is 4.15. The molecule has 0 saturated heterocycles. The molecule has 98 valence electrons. The van der Waals surface area contributed by atoms with Gasteiger partial charge in [-0.1, -0.05) is 27.5 Å². The summed E-state index contributed by atoms with van der Waals surface area (Å²) in [6.45, 7) is 1.88. The molecule has 5 heteroatoms. The second-order valence-corrected chi connectivity index (χ2v) is 5.48. The number of aryl methyl sites for hydroxylation is 1. The van der Waals surface area contributed by atoms with Gasteiger partial charge >= 0.3 is 0 Å². The predicted octanol–water partition coefficient (Wildman–Crippen LogP) is 4.25. The largest absolute Gasteiger partial charge is 0.399 e. The predicted molar refractivity (Wildman–Crippen MR) is 82.7 cm³/mol. The van der Waals surface area contributed by atoms with Crippen molar-refractivity contribution in [3.63, 3.8) is 0 Å². The van der Waals surface area contributed by atoms with Crippen LogP contribution in [-0.4, -0.2) is 5.91 Å². The molecule has 0 spiro atoms. The molecule has 0 fully saturated rings. The van der Waals surface area contributed by atoms with Crippen molar-refractivity contribution in [3.8, 4) is 0 Å². The smallest absolute Gasteiger partial charge is 0.255 e. The highest BCUT2D eigenvalue weighted by Gasteiger charge is 2.11. The summed E-state index contributed by atoms with van der Waals surface area (Å²) in [6, 6.07) is 10.4. The summed E-state index contributed by atoms with van der Waals surface area (Å²) >= 11 is 9.38. The lowest BCUT2D eigenvalue weighted by molar-refractivity contribution is 0.102. The SMILES string of the molecule is Cc1cc(Br)ccc1C(=O)Nc1cc(N)ccc1Cl. The van der Waals surface area contributed by atoms with E-state index < -0.39 is 0 Å². The summed E-state index contributed by atoms with van der Waals surface area (Å²) in [6.07, 6.45) is 0. The Labute approximate surface area is 124 Å². The summed E-state index contributed by atoms with van der Waals surface area (Å²) in [5.41, 5.74) is 8.21. The zero-order chi connectivity index (χ0) is 14.0. The number of hydrogen-bond acceptors (Lipinski definition) is 2. The van der Waals surface area contributed by atoms with Crippen molar-refractivity contribution in [2.24, 2.45) is 0 Å². The van der Waals surface area contributed by atoms with Gasteiger partial charge in [-0.2, -0.15) is 0 Å². The zero-order valence-corrected chi connectivity index (χ0v) is 12.5. The van der Waals surface area contributed by atoms with Gasteiger partial charge in [0.05, 0.1) is 10.7 Å². The Bertz CT molecular complexity index is 643. The number of carbonyl (C=O) groups is 1. The Morgan fingerprint density at radius 1 is 1.26 bits per heavy atom. The molecule has 0 aromatic heterocycles. The van der Waals surface area contributed by atoms with Gasteiger partial charge in [0, 0.05) is 15.7 Å². The van der Waals surface area contributed by atoms with E-state index >= 15 is 0 Å². The number of carbonyl (C=O) groups excluding carboxylic acids is 1. The number of anilines is 2. The molecule has 1 amide bonds. The number of nitrogen functional groups attached to an aromatic ring is 1. The maximum Gasteiger partial charge on any atom is 0.255 e. The average molecular weight is 340 g/mol. The van der Waals surface area contributed by atoms with Gasteiger partial charge in [0.1, 0.15) is 0 Å². The molecule has 0 aliphatic heterocycles. The minimum atomic E-state index is -0.211. The number of halogens is 2. The van der Waals surface area contributed by atoms with E-state index in [-0.39, 0.29) is 5.91 Å². The summed E-state index contributed by atoms with van der Waals surface area (Å²) in [4.78, 5) is 12.2. The third-order valence-corrected chi connectivity index (χ3v) is 3.49. The Kier molecular flexibility index (Phi) is 4.12. The number of amides is 1. The molecule has 0 atom stereocenters. The minimum Gasteiger partial charge on any atom is -0.399 e. The Morgan fingerprint density at radius 3 is 2.68 bits per heavy atom. The summed E-state index contributed by atoms with van der Waals surface area (Å²) in [5.74, 6) is -0.211. The van der Waals surface area contributed by atoms with Crippen LogP contribution >= 0.6 is 27.5 Å². The van der Waals surface area contributed by atoms with Gasteiger partial charge in [-0.3, -0.25) is 4.79 Å². The highest BCUT2D eigenvalue weighted by molar-refractivity contribution is 9.10. The van der Waals surface area contributed by atoms with E-state index in [9.17, 15) is 4.79 Å². The molecule has 19 heavy (non-hydrogen) atoms. The molecule has 0 saturated carbocycles. The fourth-order valence-electron chi connectivity index (χ4n) is 1.71. The van der Waals surface area contributed by atoms with Crippen LogP contribution in [0.2, 0.25) is 5.02 Å². The number of nitrogens with one attached hydrogen (secondary N) is 1. The van der Waals surface area contributed by atoms with E-state index in [1.54, 1.807) is 24.3 Å². The quantitative estimate of drug-likeness (QED) is 0.804. The molecular formula is C14H12BrClN2O. The molecule has 3 N–H and O–H groups in total. The zero-order valence-electron chi connectivity index (χ0n) is 10.2. The van der Waals surface area contributed by atoms with Crippen LogP contribution in [0, 0.1) is 6.92 Å². The van der Waals surface area contributed by atoms with Crippen LogP contribution in [0.15, 0.2) is 40.9 Å². The van der Waals surface area contributed by atoms with Crippen molar-refractivity contribution in [1.82, 2.24) is 0 Å². The van der Waals surface area contributed by atoms with Crippen LogP contribution in [-0.2, 0) is 0 Å². The molecule has 0 aliphatic rings. The molecule has 0 aliphatic carbocycles. The number of nitrogens with two attached hydrogens (primary N) is 1.